The lowest BCUT2D eigenvalue weighted by Crippen LogP contribution is -2.31. The van der Waals surface area contributed by atoms with Crippen LogP contribution in [0.15, 0.2) is 10.7 Å². The smallest absolute Gasteiger partial charge is 0.0635 e. The Balaban J connectivity index is 2.33. The Morgan fingerprint density at radius 3 is 2.84 bits per heavy atom. The first-order valence-corrected chi connectivity index (χ1v) is 8.21. The van der Waals surface area contributed by atoms with Crippen molar-refractivity contribution in [3.8, 4) is 0 Å². The van der Waals surface area contributed by atoms with Crippen molar-refractivity contribution in [3.63, 3.8) is 0 Å². The summed E-state index contributed by atoms with van der Waals surface area (Å²) in [6, 6.07) is 0.425. The van der Waals surface area contributed by atoms with Gasteiger partial charge in [0.1, 0.15) is 0 Å². The minimum Gasteiger partial charge on any atom is -0.319 e. The second kappa shape index (κ2) is 6.40. The first-order valence-electron chi connectivity index (χ1n) is 7.42. The molecule has 0 spiro atoms. The molecule has 108 valence electrons. The van der Waals surface area contributed by atoms with Gasteiger partial charge in [-0.25, -0.2) is 0 Å². The number of aromatic nitrogens is 2. The number of nitrogens with one attached hydrogen (secondary N) is 1. The highest BCUT2D eigenvalue weighted by Crippen LogP contribution is 2.43. The van der Waals surface area contributed by atoms with Crippen LogP contribution in [-0.2, 0) is 0 Å². The number of hydrogen-bond donors (Lipinski definition) is 1. The fourth-order valence-electron chi connectivity index (χ4n) is 3.39. The SMILES string of the molecule is CNCC1CCC(C)CC1c1c(Br)cnn1C(C)C. The van der Waals surface area contributed by atoms with Crippen LogP contribution in [0.1, 0.15) is 57.7 Å². The van der Waals surface area contributed by atoms with Gasteiger partial charge in [0.05, 0.1) is 16.4 Å². The Morgan fingerprint density at radius 2 is 2.21 bits per heavy atom. The van der Waals surface area contributed by atoms with Crippen LogP contribution in [0.2, 0.25) is 0 Å². The van der Waals surface area contributed by atoms with E-state index < -0.39 is 0 Å². The molecule has 1 fully saturated rings. The molecule has 1 aliphatic rings. The monoisotopic (exact) mass is 327 g/mol. The zero-order chi connectivity index (χ0) is 14.0. The van der Waals surface area contributed by atoms with E-state index in [0.29, 0.717) is 12.0 Å². The molecule has 4 heteroatoms. The average Bonchev–Trinajstić information content (AvgIpc) is 2.74. The molecule has 0 aliphatic heterocycles. The topological polar surface area (TPSA) is 29.9 Å². The molecule has 1 heterocycles. The highest BCUT2D eigenvalue weighted by Gasteiger charge is 2.33. The number of hydrogen-bond acceptors (Lipinski definition) is 2. The van der Waals surface area contributed by atoms with Crippen molar-refractivity contribution in [2.75, 3.05) is 13.6 Å². The lowest BCUT2D eigenvalue weighted by molar-refractivity contribution is 0.233. The molecule has 19 heavy (non-hydrogen) atoms. The van der Waals surface area contributed by atoms with Crippen LogP contribution in [-0.4, -0.2) is 23.4 Å². The second-order valence-corrected chi connectivity index (χ2v) is 7.11. The first-order chi connectivity index (χ1) is 9.04. The minimum absolute atomic E-state index is 0.425. The third-order valence-corrected chi connectivity index (χ3v) is 4.96. The molecule has 3 unspecified atom stereocenters. The molecule has 1 N–H and O–H groups in total. The summed E-state index contributed by atoms with van der Waals surface area (Å²) in [6.07, 6.45) is 5.92. The Morgan fingerprint density at radius 1 is 1.47 bits per heavy atom. The summed E-state index contributed by atoms with van der Waals surface area (Å²) in [5.74, 6) is 2.17. The summed E-state index contributed by atoms with van der Waals surface area (Å²) in [5, 5.41) is 7.93. The molecule has 1 saturated carbocycles. The average molecular weight is 328 g/mol. The molecule has 1 aromatic rings. The van der Waals surface area contributed by atoms with Crippen molar-refractivity contribution in [1.29, 1.82) is 0 Å². The van der Waals surface area contributed by atoms with Crippen molar-refractivity contribution in [1.82, 2.24) is 15.1 Å². The summed E-state index contributed by atoms with van der Waals surface area (Å²) in [5.41, 5.74) is 1.40. The minimum atomic E-state index is 0.425. The van der Waals surface area contributed by atoms with Crippen LogP contribution >= 0.6 is 15.9 Å². The van der Waals surface area contributed by atoms with E-state index in [1.165, 1.54) is 29.4 Å². The van der Waals surface area contributed by atoms with E-state index >= 15 is 0 Å². The number of rotatable bonds is 4. The van der Waals surface area contributed by atoms with Crippen LogP contribution < -0.4 is 5.32 Å². The Labute approximate surface area is 125 Å². The van der Waals surface area contributed by atoms with Crippen molar-refractivity contribution >= 4 is 15.9 Å². The third kappa shape index (κ3) is 3.22. The van der Waals surface area contributed by atoms with Crippen molar-refractivity contribution in [2.45, 2.75) is 52.0 Å². The van der Waals surface area contributed by atoms with E-state index in [2.05, 4.69) is 58.8 Å². The van der Waals surface area contributed by atoms with E-state index in [4.69, 9.17) is 0 Å². The normalized spacial score (nSPS) is 28.0. The maximum Gasteiger partial charge on any atom is 0.0635 e. The fraction of sp³-hybridized carbons (Fsp3) is 0.800. The van der Waals surface area contributed by atoms with Gasteiger partial charge in [0, 0.05) is 12.0 Å². The quantitative estimate of drug-likeness (QED) is 0.906. The highest BCUT2D eigenvalue weighted by atomic mass is 79.9. The molecular weight excluding hydrogens is 302 g/mol. The van der Waals surface area contributed by atoms with Crippen LogP contribution in [0.25, 0.3) is 0 Å². The number of nitrogens with zero attached hydrogens (tertiary/aromatic N) is 2. The largest absolute Gasteiger partial charge is 0.319 e. The van der Waals surface area contributed by atoms with Crippen LogP contribution in [0.4, 0.5) is 0 Å². The van der Waals surface area contributed by atoms with E-state index in [9.17, 15) is 0 Å². The molecule has 0 aromatic carbocycles. The van der Waals surface area contributed by atoms with E-state index in [0.717, 1.165) is 18.4 Å². The van der Waals surface area contributed by atoms with Gasteiger partial charge in [0.2, 0.25) is 0 Å². The summed E-state index contributed by atoms with van der Waals surface area (Å²) >= 11 is 3.72. The predicted molar refractivity (Wildman–Crippen MR) is 83.5 cm³/mol. The fourth-order valence-corrected chi connectivity index (χ4v) is 3.96. The van der Waals surface area contributed by atoms with Gasteiger partial charge in [-0.05, 0) is 68.0 Å². The standard InChI is InChI=1S/C15H26BrN3/c1-10(2)19-15(14(16)9-18-19)13-7-11(3)5-6-12(13)8-17-4/h9-13,17H,5-8H2,1-4H3. The van der Waals surface area contributed by atoms with E-state index in [1.807, 2.05) is 6.20 Å². The van der Waals surface area contributed by atoms with Gasteiger partial charge >= 0.3 is 0 Å². The molecule has 0 amide bonds. The second-order valence-electron chi connectivity index (χ2n) is 6.26. The molecule has 1 aromatic heterocycles. The first kappa shape index (κ1) is 15.0. The Hall–Kier alpha value is -0.350. The van der Waals surface area contributed by atoms with Gasteiger partial charge in [-0.15, -0.1) is 0 Å². The van der Waals surface area contributed by atoms with Gasteiger partial charge < -0.3 is 5.32 Å². The predicted octanol–water partition coefficient (Wildman–Crippen LogP) is 3.97. The van der Waals surface area contributed by atoms with Crippen LogP contribution in [0, 0.1) is 11.8 Å². The summed E-state index contributed by atoms with van der Waals surface area (Å²) < 4.78 is 3.39. The van der Waals surface area contributed by atoms with Crippen LogP contribution in [0.3, 0.4) is 0 Å². The Bertz CT molecular complexity index is 414. The van der Waals surface area contributed by atoms with Crippen LogP contribution in [0.5, 0.6) is 0 Å². The molecular formula is C15H26BrN3. The van der Waals surface area contributed by atoms with Gasteiger partial charge in [-0.2, -0.15) is 5.10 Å². The van der Waals surface area contributed by atoms with Crippen molar-refractivity contribution in [3.05, 3.63) is 16.4 Å². The Kier molecular flexibility index (Phi) is 5.07. The summed E-state index contributed by atoms with van der Waals surface area (Å²) in [7, 11) is 2.06. The lowest BCUT2D eigenvalue weighted by atomic mass is 9.73. The molecule has 1 aliphatic carbocycles. The van der Waals surface area contributed by atoms with Gasteiger partial charge in [0.25, 0.3) is 0 Å². The zero-order valence-corrected chi connectivity index (χ0v) is 14.1. The van der Waals surface area contributed by atoms with E-state index in [-0.39, 0.29) is 0 Å². The molecule has 3 atom stereocenters. The summed E-state index contributed by atoms with van der Waals surface area (Å²) in [6.45, 7) is 7.91. The molecule has 0 saturated heterocycles. The molecule has 3 nitrogen and oxygen atoms in total. The molecule has 0 radical (unpaired) electrons. The van der Waals surface area contributed by atoms with Gasteiger partial charge in [-0.3, -0.25) is 4.68 Å². The molecule has 0 bridgehead atoms. The lowest BCUT2D eigenvalue weighted by Gasteiger charge is -2.36. The maximum absolute atomic E-state index is 4.56. The van der Waals surface area contributed by atoms with Gasteiger partial charge in [-0.1, -0.05) is 13.3 Å². The van der Waals surface area contributed by atoms with E-state index in [1.54, 1.807) is 0 Å². The van der Waals surface area contributed by atoms with Crippen molar-refractivity contribution in [2.24, 2.45) is 11.8 Å². The van der Waals surface area contributed by atoms with Gasteiger partial charge in [0.15, 0.2) is 0 Å². The summed E-state index contributed by atoms with van der Waals surface area (Å²) in [4.78, 5) is 0. The highest BCUT2D eigenvalue weighted by molar-refractivity contribution is 9.10. The third-order valence-electron chi connectivity index (χ3n) is 4.35. The maximum atomic E-state index is 4.56. The molecule has 2 rings (SSSR count). The number of halogens is 1. The van der Waals surface area contributed by atoms with Crippen molar-refractivity contribution < 1.29 is 0 Å². The zero-order valence-electron chi connectivity index (χ0n) is 12.5.